The van der Waals surface area contributed by atoms with Crippen molar-refractivity contribution in [3.8, 4) is 0 Å². The van der Waals surface area contributed by atoms with Gasteiger partial charge in [0.05, 0.1) is 0 Å². The molecule has 0 aromatic heterocycles. The summed E-state index contributed by atoms with van der Waals surface area (Å²) in [6.07, 6.45) is 0. The minimum absolute atomic E-state index is 0.206. The van der Waals surface area contributed by atoms with Crippen molar-refractivity contribution in [3.05, 3.63) is 32.1 Å². The molecule has 1 rings (SSSR count). The summed E-state index contributed by atoms with van der Waals surface area (Å²) in [6.45, 7) is 0. The van der Waals surface area contributed by atoms with E-state index in [4.69, 9.17) is 0 Å². The molecule has 0 amide bonds. The molecule has 1 aromatic rings. The molecule has 1 aromatic carbocycles. The van der Waals surface area contributed by atoms with Gasteiger partial charge in [-0.05, 0) is 56.7 Å². The molecule has 0 saturated carbocycles. The van der Waals surface area contributed by atoms with E-state index in [0.717, 1.165) is 8.04 Å². The third kappa shape index (κ3) is 1.89. The smallest absolute Gasteiger partial charge is 0.124 e. The molecule has 0 bridgehead atoms. The van der Waals surface area contributed by atoms with Crippen LogP contribution in [0.4, 0.5) is 4.39 Å². The van der Waals surface area contributed by atoms with E-state index in [1.165, 1.54) is 12.1 Å². The molecule has 48 valence electrons. The first-order chi connectivity index (χ1) is 4.20. The Bertz CT molecular complexity index is 224. The molecule has 0 nitrogen and oxygen atoms in total. The zero-order valence-corrected chi connectivity index (χ0v) is 8.11. The van der Waals surface area contributed by atoms with E-state index >= 15 is 0 Å². The topological polar surface area (TPSA) is 0 Å². The van der Waals surface area contributed by atoms with Crippen molar-refractivity contribution in [1.29, 1.82) is 0 Å². The maximum atomic E-state index is 12.3. The quantitative estimate of drug-likeness (QED) is 0.510. The van der Waals surface area contributed by atoms with Crippen LogP contribution in [0.15, 0.2) is 22.7 Å². The normalized spacial score (nSPS) is 9.67. The van der Waals surface area contributed by atoms with Crippen molar-refractivity contribution in [2.75, 3.05) is 0 Å². The summed E-state index contributed by atoms with van der Waals surface area (Å²) in [5.74, 6) is -0.206. The molecule has 0 atom stereocenters. The van der Waals surface area contributed by atoms with Crippen LogP contribution in [-0.4, -0.2) is 0 Å². The monoisotopic (exact) mass is 300 g/mol. The Kier molecular flexibility index (Phi) is 2.46. The molecule has 0 aliphatic rings. The first kappa shape index (κ1) is 7.47. The summed E-state index contributed by atoms with van der Waals surface area (Å²) in [4.78, 5) is 0. The van der Waals surface area contributed by atoms with Gasteiger partial charge in [0.25, 0.3) is 0 Å². The van der Waals surface area contributed by atoms with Crippen LogP contribution in [0.3, 0.4) is 0 Å². The first-order valence-electron chi connectivity index (χ1n) is 2.30. The van der Waals surface area contributed by atoms with Crippen molar-refractivity contribution in [3.63, 3.8) is 0 Å². The first-order valence-corrected chi connectivity index (χ1v) is 4.18. The number of hydrogen-bond acceptors (Lipinski definition) is 0. The highest BCUT2D eigenvalue weighted by atomic mass is 127. The Morgan fingerprint density at radius 1 is 1.44 bits per heavy atom. The Labute approximate surface area is 74.7 Å². The van der Waals surface area contributed by atoms with Crippen molar-refractivity contribution in [1.82, 2.24) is 0 Å². The average molecular weight is 301 g/mol. The SMILES string of the molecule is Fc1ccc(I)c(Br)c1. The van der Waals surface area contributed by atoms with Gasteiger partial charge in [-0.1, -0.05) is 0 Å². The van der Waals surface area contributed by atoms with E-state index in [9.17, 15) is 4.39 Å². The van der Waals surface area contributed by atoms with Crippen LogP contribution in [0.2, 0.25) is 0 Å². The molecule has 0 radical (unpaired) electrons. The Balaban J connectivity index is 3.17. The molecule has 9 heavy (non-hydrogen) atoms. The van der Waals surface area contributed by atoms with Gasteiger partial charge in [0.15, 0.2) is 0 Å². The highest BCUT2D eigenvalue weighted by Crippen LogP contribution is 2.18. The van der Waals surface area contributed by atoms with Gasteiger partial charge in [0, 0.05) is 8.04 Å². The van der Waals surface area contributed by atoms with Gasteiger partial charge in [-0.2, -0.15) is 0 Å². The van der Waals surface area contributed by atoms with Crippen LogP contribution in [0.5, 0.6) is 0 Å². The van der Waals surface area contributed by atoms with Gasteiger partial charge in [0.1, 0.15) is 5.82 Å². The second-order valence-corrected chi connectivity index (χ2v) is 3.57. The molecule has 0 saturated heterocycles. The number of benzene rings is 1. The van der Waals surface area contributed by atoms with E-state index in [1.807, 2.05) is 0 Å². The van der Waals surface area contributed by atoms with Crippen molar-refractivity contribution >= 4 is 38.5 Å². The molecular weight excluding hydrogens is 298 g/mol. The highest BCUT2D eigenvalue weighted by Gasteiger charge is 1.95. The fraction of sp³-hybridized carbons (Fsp3) is 0. The molecule has 0 N–H and O–H groups in total. The van der Waals surface area contributed by atoms with Crippen molar-refractivity contribution in [2.24, 2.45) is 0 Å². The molecule has 0 aliphatic carbocycles. The molecule has 0 heterocycles. The summed E-state index contributed by atoms with van der Waals surface area (Å²) in [5.41, 5.74) is 0. The molecule has 0 fully saturated rings. The maximum absolute atomic E-state index is 12.3. The number of halogens is 3. The summed E-state index contributed by atoms with van der Waals surface area (Å²) in [5, 5.41) is 0. The van der Waals surface area contributed by atoms with E-state index in [2.05, 4.69) is 38.5 Å². The van der Waals surface area contributed by atoms with Crippen LogP contribution in [0.25, 0.3) is 0 Å². The Morgan fingerprint density at radius 3 is 2.56 bits per heavy atom. The molecule has 0 unspecified atom stereocenters. The predicted molar refractivity (Wildman–Crippen MR) is 46.8 cm³/mol. The lowest BCUT2D eigenvalue weighted by molar-refractivity contribution is 0.626. The summed E-state index contributed by atoms with van der Waals surface area (Å²) < 4.78 is 14.1. The summed E-state index contributed by atoms with van der Waals surface area (Å²) in [6, 6.07) is 4.61. The summed E-state index contributed by atoms with van der Waals surface area (Å²) in [7, 11) is 0. The van der Waals surface area contributed by atoms with E-state index in [1.54, 1.807) is 6.07 Å². The van der Waals surface area contributed by atoms with Gasteiger partial charge in [-0.3, -0.25) is 0 Å². The second-order valence-electron chi connectivity index (χ2n) is 1.56. The van der Waals surface area contributed by atoms with Crippen molar-refractivity contribution in [2.45, 2.75) is 0 Å². The zero-order valence-electron chi connectivity index (χ0n) is 4.37. The molecular formula is C6H3BrFI. The van der Waals surface area contributed by atoms with Gasteiger partial charge < -0.3 is 0 Å². The van der Waals surface area contributed by atoms with Crippen LogP contribution in [0.1, 0.15) is 0 Å². The standard InChI is InChI=1S/C6H3BrFI/c7-5-3-4(8)1-2-6(5)9/h1-3H. The highest BCUT2D eigenvalue weighted by molar-refractivity contribution is 14.1. The van der Waals surface area contributed by atoms with Crippen LogP contribution in [0, 0.1) is 9.39 Å². The average Bonchev–Trinajstić information content (AvgIpc) is 1.80. The van der Waals surface area contributed by atoms with Gasteiger partial charge in [-0.25, -0.2) is 4.39 Å². The van der Waals surface area contributed by atoms with Gasteiger partial charge in [-0.15, -0.1) is 0 Å². The fourth-order valence-corrected chi connectivity index (χ4v) is 1.16. The molecule has 0 aliphatic heterocycles. The molecule has 3 heteroatoms. The zero-order chi connectivity index (χ0) is 6.85. The predicted octanol–water partition coefficient (Wildman–Crippen LogP) is 3.19. The third-order valence-corrected chi connectivity index (χ3v) is 3.22. The van der Waals surface area contributed by atoms with E-state index < -0.39 is 0 Å². The Morgan fingerprint density at radius 2 is 2.11 bits per heavy atom. The van der Waals surface area contributed by atoms with Crippen LogP contribution >= 0.6 is 38.5 Å². The largest absolute Gasteiger partial charge is 0.207 e. The molecule has 0 spiro atoms. The second kappa shape index (κ2) is 2.96. The summed E-state index contributed by atoms with van der Waals surface area (Å²) >= 11 is 5.33. The van der Waals surface area contributed by atoms with E-state index in [-0.39, 0.29) is 5.82 Å². The van der Waals surface area contributed by atoms with Crippen LogP contribution < -0.4 is 0 Å². The lowest BCUT2D eigenvalue weighted by Gasteiger charge is -1.92. The number of rotatable bonds is 0. The van der Waals surface area contributed by atoms with Crippen LogP contribution in [-0.2, 0) is 0 Å². The van der Waals surface area contributed by atoms with Gasteiger partial charge in [0.2, 0.25) is 0 Å². The fourth-order valence-electron chi connectivity index (χ4n) is 0.470. The van der Waals surface area contributed by atoms with Crippen molar-refractivity contribution < 1.29 is 4.39 Å². The van der Waals surface area contributed by atoms with Gasteiger partial charge >= 0.3 is 0 Å². The third-order valence-electron chi connectivity index (χ3n) is 0.882. The van der Waals surface area contributed by atoms with E-state index in [0.29, 0.717) is 0 Å². The Hall–Kier alpha value is 0.360. The maximum Gasteiger partial charge on any atom is 0.124 e. The number of hydrogen-bond donors (Lipinski definition) is 0. The minimum atomic E-state index is -0.206. The lowest BCUT2D eigenvalue weighted by Crippen LogP contribution is -1.75. The minimum Gasteiger partial charge on any atom is -0.207 e. The lowest BCUT2D eigenvalue weighted by atomic mass is 10.4.